The molecule has 7 heteroatoms. The lowest BCUT2D eigenvalue weighted by Gasteiger charge is -2.41. The van der Waals surface area contributed by atoms with E-state index in [2.05, 4.69) is 5.10 Å². The van der Waals surface area contributed by atoms with Crippen LogP contribution < -0.4 is 0 Å². The normalized spacial score (nSPS) is 22.3. The molecule has 1 amide bonds. The molecule has 1 aromatic rings. The molecule has 1 aliphatic heterocycles. The molecule has 2 rings (SSSR count). The van der Waals surface area contributed by atoms with Gasteiger partial charge in [-0.1, -0.05) is 39.0 Å². The molecule has 1 atom stereocenters. The van der Waals surface area contributed by atoms with Crippen molar-refractivity contribution < 1.29 is 23.1 Å². The molecule has 126 valence electrons. The zero-order chi connectivity index (χ0) is 17.6. The zero-order valence-electron chi connectivity index (χ0n) is 13.4. The Balaban J connectivity index is 2.53. The van der Waals surface area contributed by atoms with E-state index in [1.807, 2.05) is 0 Å². The Labute approximate surface area is 132 Å². The topological polar surface area (TPSA) is 52.9 Å². The second kappa shape index (κ2) is 5.33. The average molecular weight is 328 g/mol. The Morgan fingerprint density at radius 2 is 1.83 bits per heavy atom. The zero-order valence-corrected chi connectivity index (χ0v) is 13.4. The van der Waals surface area contributed by atoms with Crippen molar-refractivity contribution in [2.75, 3.05) is 0 Å². The Hall–Kier alpha value is -1.89. The molecule has 0 radical (unpaired) electrons. The second-order valence-electron chi connectivity index (χ2n) is 6.72. The molecule has 0 saturated carbocycles. The van der Waals surface area contributed by atoms with Crippen LogP contribution in [0, 0.1) is 12.3 Å². The largest absolute Gasteiger partial charge is 0.431 e. The molecule has 4 nitrogen and oxygen atoms in total. The van der Waals surface area contributed by atoms with Gasteiger partial charge in [0.1, 0.15) is 5.71 Å². The van der Waals surface area contributed by atoms with E-state index in [1.165, 1.54) is 6.07 Å². The van der Waals surface area contributed by atoms with E-state index in [4.69, 9.17) is 0 Å². The molecule has 1 N–H and O–H groups in total. The first kappa shape index (κ1) is 17.5. The van der Waals surface area contributed by atoms with Gasteiger partial charge in [-0.05, 0) is 18.6 Å². The summed E-state index contributed by atoms with van der Waals surface area (Å²) in [6.45, 7) is 6.38. The van der Waals surface area contributed by atoms with Gasteiger partial charge in [-0.15, -0.1) is 0 Å². The molecule has 1 aromatic carbocycles. The van der Waals surface area contributed by atoms with Crippen LogP contribution in [0.5, 0.6) is 0 Å². The minimum absolute atomic E-state index is 0.211. The summed E-state index contributed by atoms with van der Waals surface area (Å²) in [7, 11) is 0. The molecule has 1 heterocycles. The molecular formula is C16H19F3N2O2. The van der Waals surface area contributed by atoms with Gasteiger partial charge in [0, 0.05) is 17.4 Å². The lowest BCUT2D eigenvalue weighted by molar-refractivity contribution is -0.144. The van der Waals surface area contributed by atoms with Crippen LogP contribution in [0.4, 0.5) is 13.2 Å². The second-order valence-corrected chi connectivity index (χ2v) is 6.72. The number of hydrazone groups is 1. The van der Waals surface area contributed by atoms with Gasteiger partial charge in [0.2, 0.25) is 0 Å². The van der Waals surface area contributed by atoms with Crippen molar-refractivity contribution in [1.29, 1.82) is 0 Å². The molecular weight excluding hydrogens is 309 g/mol. The highest BCUT2D eigenvalue weighted by molar-refractivity contribution is 6.00. The minimum Gasteiger partial charge on any atom is -0.368 e. The number of benzene rings is 1. The Morgan fingerprint density at radius 1 is 1.26 bits per heavy atom. The standard InChI is InChI=1S/C16H19F3N2O2/c1-10-7-5-6-8-11(10)13(22)21-15(23,14(2,3)4)9-12(20-21)16(17,18)19/h5-8,23H,9H2,1-4H3. The van der Waals surface area contributed by atoms with Crippen LogP contribution in [0.2, 0.25) is 0 Å². The molecule has 1 unspecified atom stereocenters. The summed E-state index contributed by atoms with van der Waals surface area (Å²) < 4.78 is 39.1. The van der Waals surface area contributed by atoms with Crippen LogP contribution in [-0.2, 0) is 0 Å². The van der Waals surface area contributed by atoms with Crippen LogP contribution in [-0.4, -0.2) is 33.6 Å². The molecule has 23 heavy (non-hydrogen) atoms. The van der Waals surface area contributed by atoms with Gasteiger partial charge in [0.05, 0.1) is 0 Å². The highest BCUT2D eigenvalue weighted by Gasteiger charge is 2.57. The van der Waals surface area contributed by atoms with Crippen molar-refractivity contribution in [3.63, 3.8) is 0 Å². The predicted octanol–water partition coefficient (Wildman–Crippen LogP) is 3.49. The summed E-state index contributed by atoms with van der Waals surface area (Å²) in [6, 6.07) is 6.51. The quantitative estimate of drug-likeness (QED) is 0.858. The third-order valence-electron chi connectivity index (χ3n) is 4.08. The number of carbonyl (C=O) groups is 1. The predicted molar refractivity (Wildman–Crippen MR) is 79.9 cm³/mol. The average Bonchev–Trinajstić information content (AvgIpc) is 2.77. The van der Waals surface area contributed by atoms with Crippen molar-refractivity contribution in [2.45, 2.75) is 46.0 Å². The lowest BCUT2D eigenvalue weighted by Crippen LogP contribution is -2.55. The Bertz CT molecular complexity index is 662. The van der Waals surface area contributed by atoms with Crippen LogP contribution >= 0.6 is 0 Å². The van der Waals surface area contributed by atoms with Gasteiger partial charge in [-0.3, -0.25) is 4.79 Å². The number of halogens is 3. The third kappa shape index (κ3) is 2.97. The van der Waals surface area contributed by atoms with Gasteiger partial charge in [-0.2, -0.15) is 23.3 Å². The summed E-state index contributed by atoms with van der Waals surface area (Å²) in [5.41, 5.74) is -3.40. The van der Waals surface area contributed by atoms with E-state index in [0.29, 0.717) is 10.6 Å². The fraction of sp³-hybridized carbons (Fsp3) is 0.500. The van der Waals surface area contributed by atoms with Crippen molar-refractivity contribution in [2.24, 2.45) is 10.5 Å². The number of hydrogen-bond acceptors (Lipinski definition) is 3. The van der Waals surface area contributed by atoms with Gasteiger partial charge in [-0.25, -0.2) is 0 Å². The van der Waals surface area contributed by atoms with Crippen LogP contribution in [0.1, 0.15) is 43.1 Å². The van der Waals surface area contributed by atoms with Gasteiger partial charge in [0.25, 0.3) is 5.91 Å². The van der Waals surface area contributed by atoms with Crippen molar-refractivity contribution in [3.8, 4) is 0 Å². The van der Waals surface area contributed by atoms with E-state index >= 15 is 0 Å². The van der Waals surface area contributed by atoms with E-state index in [1.54, 1.807) is 45.9 Å². The number of carbonyl (C=O) groups excluding carboxylic acids is 1. The molecule has 1 aliphatic rings. The van der Waals surface area contributed by atoms with Gasteiger partial charge < -0.3 is 5.11 Å². The summed E-state index contributed by atoms with van der Waals surface area (Å²) in [4.78, 5) is 12.7. The fourth-order valence-corrected chi connectivity index (χ4v) is 2.43. The highest BCUT2D eigenvalue weighted by Crippen LogP contribution is 2.44. The number of rotatable bonds is 1. The number of hydrogen-bond donors (Lipinski definition) is 1. The minimum atomic E-state index is -4.69. The summed E-state index contributed by atoms with van der Waals surface area (Å²) in [5, 5.41) is 14.8. The smallest absolute Gasteiger partial charge is 0.368 e. The Morgan fingerprint density at radius 3 is 2.30 bits per heavy atom. The number of alkyl halides is 3. The first-order valence-electron chi connectivity index (χ1n) is 7.15. The summed E-state index contributed by atoms with van der Waals surface area (Å²) in [6.07, 6.45) is -5.45. The number of nitrogens with zero attached hydrogens (tertiary/aromatic N) is 2. The van der Waals surface area contributed by atoms with E-state index < -0.39 is 35.4 Å². The van der Waals surface area contributed by atoms with Crippen molar-refractivity contribution in [1.82, 2.24) is 5.01 Å². The van der Waals surface area contributed by atoms with E-state index in [9.17, 15) is 23.1 Å². The van der Waals surface area contributed by atoms with Crippen molar-refractivity contribution in [3.05, 3.63) is 35.4 Å². The summed E-state index contributed by atoms with van der Waals surface area (Å²) >= 11 is 0. The van der Waals surface area contributed by atoms with Crippen LogP contribution in [0.25, 0.3) is 0 Å². The maximum absolute atomic E-state index is 13.0. The molecule has 0 spiro atoms. The monoisotopic (exact) mass is 328 g/mol. The number of aryl methyl sites for hydroxylation is 1. The molecule has 0 bridgehead atoms. The molecule has 0 aromatic heterocycles. The van der Waals surface area contributed by atoms with E-state index in [-0.39, 0.29) is 5.56 Å². The lowest BCUT2D eigenvalue weighted by atomic mass is 9.79. The first-order valence-corrected chi connectivity index (χ1v) is 7.15. The molecule has 0 aliphatic carbocycles. The fourth-order valence-electron chi connectivity index (χ4n) is 2.43. The SMILES string of the molecule is Cc1ccccc1C(=O)N1N=C(C(F)(F)F)CC1(O)C(C)(C)C. The summed E-state index contributed by atoms with van der Waals surface area (Å²) in [5.74, 6) is -0.750. The maximum atomic E-state index is 13.0. The van der Waals surface area contributed by atoms with Crippen LogP contribution in [0.15, 0.2) is 29.4 Å². The maximum Gasteiger partial charge on any atom is 0.431 e. The number of aliphatic hydroxyl groups is 1. The van der Waals surface area contributed by atoms with Gasteiger partial charge >= 0.3 is 6.18 Å². The van der Waals surface area contributed by atoms with Gasteiger partial charge in [0.15, 0.2) is 5.72 Å². The highest BCUT2D eigenvalue weighted by atomic mass is 19.4. The first-order chi connectivity index (χ1) is 10.4. The Kier molecular flexibility index (Phi) is 4.05. The molecule has 0 saturated heterocycles. The molecule has 0 fully saturated rings. The third-order valence-corrected chi connectivity index (χ3v) is 4.08. The number of amides is 1. The van der Waals surface area contributed by atoms with Crippen molar-refractivity contribution >= 4 is 11.6 Å². The van der Waals surface area contributed by atoms with Crippen LogP contribution in [0.3, 0.4) is 0 Å². The van der Waals surface area contributed by atoms with E-state index in [0.717, 1.165) is 0 Å².